The highest BCUT2D eigenvalue weighted by Gasteiger charge is 2.22. The quantitative estimate of drug-likeness (QED) is 0.667. The molecule has 2 amide bonds. The molecular weight excluding hydrogens is 364 g/mol. The molecule has 1 aromatic heterocycles. The third-order valence-electron chi connectivity index (χ3n) is 5.22. The summed E-state index contributed by atoms with van der Waals surface area (Å²) in [6.07, 6.45) is 0. The third-order valence-corrected chi connectivity index (χ3v) is 5.22. The second-order valence-electron chi connectivity index (χ2n) is 7.12. The molecule has 6 nitrogen and oxygen atoms in total. The lowest BCUT2D eigenvalue weighted by Gasteiger charge is -2.21. The Morgan fingerprint density at radius 2 is 1.72 bits per heavy atom. The van der Waals surface area contributed by atoms with Gasteiger partial charge in [-0.1, -0.05) is 30.3 Å². The smallest absolute Gasteiger partial charge is 0.252 e. The van der Waals surface area contributed by atoms with Crippen LogP contribution in [0.1, 0.15) is 48.6 Å². The summed E-state index contributed by atoms with van der Waals surface area (Å²) in [7, 11) is 0. The van der Waals surface area contributed by atoms with E-state index in [1.165, 1.54) is 0 Å². The number of para-hydroxylation sites is 2. The van der Waals surface area contributed by atoms with Gasteiger partial charge in [-0.25, -0.2) is 4.98 Å². The van der Waals surface area contributed by atoms with Gasteiger partial charge in [0.05, 0.1) is 17.1 Å². The summed E-state index contributed by atoms with van der Waals surface area (Å²) in [6.45, 7) is 9.28. The molecule has 152 valence electrons. The molecule has 0 aliphatic heterocycles. The number of likely N-dealkylation sites (N-methyl/N-ethyl adjacent to an activating group) is 1. The van der Waals surface area contributed by atoms with Crippen LogP contribution in [-0.4, -0.2) is 39.4 Å². The first-order valence-corrected chi connectivity index (χ1v) is 10.1. The maximum absolute atomic E-state index is 12.8. The topological polar surface area (TPSA) is 67.2 Å². The highest BCUT2D eigenvalue weighted by Crippen LogP contribution is 2.22. The fourth-order valence-electron chi connectivity index (χ4n) is 3.57. The van der Waals surface area contributed by atoms with E-state index in [1.54, 1.807) is 4.90 Å². The van der Waals surface area contributed by atoms with Crippen LogP contribution in [0, 0.1) is 6.92 Å². The van der Waals surface area contributed by atoms with Gasteiger partial charge in [0.1, 0.15) is 12.4 Å². The Kier molecular flexibility index (Phi) is 6.32. The number of carbonyl (C=O) groups is 2. The maximum Gasteiger partial charge on any atom is 0.252 e. The first-order chi connectivity index (χ1) is 14.0. The largest absolute Gasteiger partial charge is 0.342 e. The molecule has 0 fully saturated rings. The molecule has 1 N–H and O–H groups in total. The highest BCUT2D eigenvalue weighted by atomic mass is 16.2. The summed E-state index contributed by atoms with van der Waals surface area (Å²) >= 11 is 0. The zero-order valence-corrected chi connectivity index (χ0v) is 17.5. The number of amides is 2. The van der Waals surface area contributed by atoms with Crippen molar-refractivity contribution < 1.29 is 9.59 Å². The van der Waals surface area contributed by atoms with Crippen molar-refractivity contribution in [3.8, 4) is 0 Å². The molecular formula is C23H28N4O2. The molecule has 0 spiro atoms. The molecule has 1 unspecified atom stereocenters. The number of hydrogen-bond acceptors (Lipinski definition) is 3. The molecule has 0 radical (unpaired) electrons. The molecule has 1 atom stereocenters. The molecule has 2 aromatic carbocycles. The normalized spacial score (nSPS) is 12.0. The number of nitrogens with zero attached hydrogens (tertiary/aromatic N) is 3. The van der Waals surface area contributed by atoms with Gasteiger partial charge < -0.3 is 14.8 Å². The first kappa shape index (κ1) is 20.6. The Morgan fingerprint density at radius 3 is 2.41 bits per heavy atom. The number of aryl methyl sites for hydroxylation is 1. The predicted molar refractivity (Wildman–Crippen MR) is 115 cm³/mol. The zero-order chi connectivity index (χ0) is 21.0. The van der Waals surface area contributed by atoms with Crippen molar-refractivity contribution in [3.63, 3.8) is 0 Å². The second-order valence-corrected chi connectivity index (χ2v) is 7.12. The van der Waals surface area contributed by atoms with E-state index in [0.717, 1.165) is 16.6 Å². The highest BCUT2D eigenvalue weighted by molar-refractivity contribution is 5.95. The van der Waals surface area contributed by atoms with Gasteiger partial charge >= 0.3 is 0 Å². The fraction of sp³-hybridized carbons (Fsp3) is 0.348. The monoisotopic (exact) mass is 392 g/mol. The molecule has 0 saturated heterocycles. The number of aromatic nitrogens is 2. The Bertz CT molecular complexity index is 1020. The lowest BCUT2D eigenvalue weighted by molar-refractivity contribution is -0.131. The Morgan fingerprint density at radius 1 is 1.07 bits per heavy atom. The van der Waals surface area contributed by atoms with Crippen molar-refractivity contribution in [2.75, 3.05) is 13.1 Å². The van der Waals surface area contributed by atoms with E-state index < -0.39 is 0 Å². The predicted octanol–water partition coefficient (Wildman–Crippen LogP) is 3.70. The lowest BCUT2D eigenvalue weighted by atomic mass is 10.1. The Hall–Kier alpha value is -3.15. The number of fused-ring (bicyclic) bond motifs is 1. The number of carbonyl (C=O) groups excluding carboxylic acids is 2. The van der Waals surface area contributed by atoms with Crippen molar-refractivity contribution in [3.05, 3.63) is 65.5 Å². The number of rotatable bonds is 7. The van der Waals surface area contributed by atoms with Gasteiger partial charge in [-0.2, -0.15) is 0 Å². The molecule has 0 aliphatic rings. The summed E-state index contributed by atoms with van der Waals surface area (Å²) in [5.74, 6) is 0.565. The number of benzene rings is 2. The summed E-state index contributed by atoms with van der Waals surface area (Å²) in [6, 6.07) is 14.9. The van der Waals surface area contributed by atoms with Gasteiger partial charge in [0, 0.05) is 18.7 Å². The van der Waals surface area contributed by atoms with Crippen LogP contribution in [0.5, 0.6) is 0 Å². The van der Waals surface area contributed by atoms with Crippen LogP contribution in [0.4, 0.5) is 0 Å². The van der Waals surface area contributed by atoms with Crippen molar-refractivity contribution >= 4 is 22.8 Å². The molecule has 3 rings (SSSR count). The van der Waals surface area contributed by atoms with E-state index in [4.69, 9.17) is 4.98 Å². The van der Waals surface area contributed by atoms with E-state index in [-0.39, 0.29) is 24.4 Å². The minimum atomic E-state index is -0.348. The molecule has 3 aromatic rings. The van der Waals surface area contributed by atoms with E-state index >= 15 is 0 Å². The summed E-state index contributed by atoms with van der Waals surface area (Å²) in [5, 5.41) is 3.04. The first-order valence-electron chi connectivity index (χ1n) is 10.1. The van der Waals surface area contributed by atoms with Crippen molar-refractivity contribution in [1.82, 2.24) is 19.8 Å². The van der Waals surface area contributed by atoms with E-state index in [1.807, 2.05) is 80.8 Å². The van der Waals surface area contributed by atoms with Crippen LogP contribution in [-0.2, 0) is 11.3 Å². The number of hydrogen-bond donors (Lipinski definition) is 1. The third kappa shape index (κ3) is 4.31. The van der Waals surface area contributed by atoms with Gasteiger partial charge in [-0.3, -0.25) is 9.59 Å². The average Bonchev–Trinajstić information content (AvgIpc) is 3.08. The molecule has 0 saturated carbocycles. The van der Waals surface area contributed by atoms with E-state index in [0.29, 0.717) is 24.5 Å². The fourth-order valence-corrected chi connectivity index (χ4v) is 3.57. The second kappa shape index (κ2) is 8.90. The molecule has 6 heteroatoms. The number of nitrogens with one attached hydrogen (secondary N) is 1. The van der Waals surface area contributed by atoms with Crippen LogP contribution in [0.3, 0.4) is 0 Å². The van der Waals surface area contributed by atoms with Gasteiger partial charge in [0.2, 0.25) is 5.91 Å². The summed E-state index contributed by atoms with van der Waals surface area (Å²) in [5.41, 5.74) is 3.26. The Balaban J connectivity index is 1.92. The molecule has 0 bridgehead atoms. The van der Waals surface area contributed by atoms with Crippen molar-refractivity contribution in [2.24, 2.45) is 0 Å². The standard InChI is InChI=1S/C23H28N4O2/c1-5-26(6-2)21(28)15-27-20-14-10-9-13-19(20)25-22(27)17(4)24-23(29)18-12-8-7-11-16(18)3/h7-14,17H,5-6,15H2,1-4H3,(H,24,29). The van der Waals surface area contributed by atoms with Crippen LogP contribution >= 0.6 is 0 Å². The van der Waals surface area contributed by atoms with Crippen LogP contribution in [0.15, 0.2) is 48.5 Å². The van der Waals surface area contributed by atoms with E-state index in [9.17, 15) is 9.59 Å². The van der Waals surface area contributed by atoms with Crippen molar-refractivity contribution in [2.45, 2.75) is 40.3 Å². The SMILES string of the molecule is CCN(CC)C(=O)Cn1c(C(C)NC(=O)c2ccccc2C)nc2ccccc21. The van der Waals surface area contributed by atoms with Gasteiger partial charge in [0.15, 0.2) is 0 Å². The zero-order valence-electron chi connectivity index (χ0n) is 17.5. The van der Waals surface area contributed by atoms with Crippen molar-refractivity contribution in [1.29, 1.82) is 0 Å². The average molecular weight is 393 g/mol. The minimum Gasteiger partial charge on any atom is -0.342 e. The molecule has 29 heavy (non-hydrogen) atoms. The molecule has 0 aliphatic carbocycles. The van der Waals surface area contributed by atoms with Crippen LogP contribution in [0.25, 0.3) is 11.0 Å². The van der Waals surface area contributed by atoms with Gasteiger partial charge in [-0.05, 0) is 51.5 Å². The summed E-state index contributed by atoms with van der Waals surface area (Å²) in [4.78, 5) is 32.1. The van der Waals surface area contributed by atoms with E-state index in [2.05, 4.69) is 5.32 Å². The minimum absolute atomic E-state index is 0.0387. The Labute approximate surface area is 171 Å². The van der Waals surface area contributed by atoms with Gasteiger partial charge in [-0.15, -0.1) is 0 Å². The van der Waals surface area contributed by atoms with Crippen LogP contribution in [0.2, 0.25) is 0 Å². The lowest BCUT2D eigenvalue weighted by Crippen LogP contribution is -2.35. The van der Waals surface area contributed by atoms with Crippen LogP contribution < -0.4 is 5.32 Å². The number of imidazole rings is 1. The summed E-state index contributed by atoms with van der Waals surface area (Å²) < 4.78 is 1.92. The maximum atomic E-state index is 12.8. The van der Waals surface area contributed by atoms with Gasteiger partial charge in [0.25, 0.3) is 5.91 Å². The molecule has 1 heterocycles.